The van der Waals surface area contributed by atoms with Gasteiger partial charge in [0.25, 0.3) is 0 Å². The summed E-state index contributed by atoms with van der Waals surface area (Å²) in [6.45, 7) is 2.08. The van der Waals surface area contributed by atoms with E-state index in [4.69, 9.17) is 15.9 Å². The average molecular weight is 441 g/mol. The van der Waals surface area contributed by atoms with Crippen LogP contribution in [0.5, 0.6) is 5.75 Å². The number of hydrogen-bond acceptors (Lipinski definition) is 6. The minimum Gasteiger partial charge on any atom is -0.508 e. The number of amides is 3. The number of urea groups is 1. The molecular weight excluding hydrogens is 414 g/mol. The van der Waals surface area contributed by atoms with Crippen molar-refractivity contribution in [2.24, 2.45) is 5.73 Å². The summed E-state index contributed by atoms with van der Waals surface area (Å²) in [6, 6.07) is 11.3. The number of benzene rings is 2. The summed E-state index contributed by atoms with van der Waals surface area (Å²) in [5.41, 5.74) is 6.95. The number of phenols is 1. The number of carbonyl (C=O) groups excluding carboxylic acids is 3. The Kier molecular flexibility index (Phi) is 9.03. The quantitative estimate of drug-likeness (QED) is 0.187. The van der Waals surface area contributed by atoms with Crippen LogP contribution in [0, 0.1) is 5.41 Å². The van der Waals surface area contributed by atoms with Crippen molar-refractivity contribution >= 4 is 29.4 Å². The number of nitrogens with two attached hydrogens (primary N) is 1. The van der Waals surface area contributed by atoms with Crippen LogP contribution >= 0.6 is 0 Å². The van der Waals surface area contributed by atoms with Gasteiger partial charge in [-0.15, -0.1) is 0 Å². The Hall–Kier alpha value is -4.08. The van der Waals surface area contributed by atoms with Crippen molar-refractivity contribution in [3.63, 3.8) is 0 Å². The lowest BCUT2D eigenvalue weighted by molar-refractivity contribution is -0.143. The standard InChI is InChI=1S/C22H27N5O5/c1-2-32-20(30)10-11-25-19(29)13-18(15-4-3-5-17(28)12-15)27-22(31)26-16-8-6-14(7-9-16)21(23)24/h3-9,12,18,28H,2,10-11,13H2,1H3,(H3,23,24)(H,25,29)(H2,26,27,31). The number of nitrogens with one attached hydrogen (secondary N) is 4. The zero-order chi connectivity index (χ0) is 23.5. The first kappa shape index (κ1) is 24.2. The van der Waals surface area contributed by atoms with E-state index in [1.807, 2.05) is 0 Å². The molecule has 0 aliphatic rings. The minimum absolute atomic E-state index is 0.00255. The van der Waals surface area contributed by atoms with Gasteiger partial charge in [-0.1, -0.05) is 12.1 Å². The third-order valence-electron chi connectivity index (χ3n) is 4.38. The number of anilines is 1. The molecule has 0 fully saturated rings. The van der Waals surface area contributed by atoms with Crippen molar-refractivity contribution < 1.29 is 24.2 Å². The van der Waals surface area contributed by atoms with Crippen molar-refractivity contribution in [3.8, 4) is 5.75 Å². The van der Waals surface area contributed by atoms with Crippen molar-refractivity contribution in [3.05, 3.63) is 59.7 Å². The first-order chi connectivity index (χ1) is 15.3. The lowest BCUT2D eigenvalue weighted by Gasteiger charge is -2.20. The third-order valence-corrected chi connectivity index (χ3v) is 4.38. The monoisotopic (exact) mass is 441 g/mol. The van der Waals surface area contributed by atoms with Gasteiger partial charge >= 0.3 is 12.0 Å². The smallest absolute Gasteiger partial charge is 0.319 e. The second-order valence-electron chi connectivity index (χ2n) is 6.85. The predicted molar refractivity (Wildman–Crippen MR) is 119 cm³/mol. The number of esters is 1. The number of hydrogen-bond donors (Lipinski definition) is 6. The van der Waals surface area contributed by atoms with Crippen LogP contribution in [0.4, 0.5) is 10.5 Å². The van der Waals surface area contributed by atoms with Gasteiger partial charge in [0, 0.05) is 17.8 Å². The Labute approximate surface area is 185 Å². The molecule has 7 N–H and O–H groups in total. The van der Waals surface area contributed by atoms with Gasteiger partial charge in [-0.2, -0.15) is 0 Å². The molecule has 0 spiro atoms. The Morgan fingerprint density at radius 3 is 2.50 bits per heavy atom. The summed E-state index contributed by atoms with van der Waals surface area (Å²) >= 11 is 0. The van der Waals surface area contributed by atoms with Crippen LogP contribution in [0.2, 0.25) is 0 Å². The van der Waals surface area contributed by atoms with E-state index in [0.717, 1.165) is 0 Å². The van der Waals surface area contributed by atoms with Crippen molar-refractivity contribution in [2.45, 2.75) is 25.8 Å². The molecule has 10 heteroatoms. The highest BCUT2D eigenvalue weighted by Gasteiger charge is 2.19. The summed E-state index contributed by atoms with van der Waals surface area (Å²) in [4.78, 5) is 36.3. The first-order valence-corrected chi connectivity index (χ1v) is 10.0. The molecule has 0 saturated carbocycles. The topological polar surface area (TPSA) is 167 Å². The fraction of sp³-hybridized carbons (Fsp3) is 0.273. The molecule has 2 rings (SSSR count). The van der Waals surface area contributed by atoms with E-state index in [-0.39, 0.29) is 43.5 Å². The van der Waals surface area contributed by atoms with Crippen LogP contribution in [0.25, 0.3) is 0 Å². The van der Waals surface area contributed by atoms with Crippen LogP contribution in [-0.4, -0.2) is 42.0 Å². The first-order valence-electron chi connectivity index (χ1n) is 10.0. The summed E-state index contributed by atoms with van der Waals surface area (Å²) in [5.74, 6) is -0.879. The number of phenolic OH excluding ortho intramolecular Hbond substituents is 1. The molecule has 1 atom stereocenters. The second-order valence-corrected chi connectivity index (χ2v) is 6.85. The molecule has 170 valence electrons. The van der Waals surface area contributed by atoms with Gasteiger partial charge in [0.1, 0.15) is 11.6 Å². The molecule has 0 aromatic heterocycles. The summed E-state index contributed by atoms with van der Waals surface area (Å²) in [7, 11) is 0. The number of amidine groups is 1. The molecule has 0 aliphatic heterocycles. The van der Waals surface area contributed by atoms with Gasteiger partial charge in [0.05, 0.1) is 25.5 Å². The largest absolute Gasteiger partial charge is 0.508 e. The van der Waals surface area contributed by atoms with Gasteiger partial charge in [-0.05, 0) is 48.9 Å². The average Bonchev–Trinajstić information content (AvgIpc) is 2.74. The number of rotatable bonds is 10. The summed E-state index contributed by atoms with van der Waals surface area (Å²) in [6.07, 6.45) is -0.0660. The maximum Gasteiger partial charge on any atom is 0.319 e. The highest BCUT2D eigenvalue weighted by Crippen LogP contribution is 2.21. The second kappa shape index (κ2) is 11.9. The van der Waals surface area contributed by atoms with E-state index < -0.39 is 18.0 Å². The molecule has 0 aliphatic carbocycles. The number of aromatic hydroxyl groups is 1. The summed E-state index contributed by atoms with van der Waals surface area (Å²) < 4.78 is 4.81. The van der Waals surface area contributed by atoms with Gasteiger partial charge < -0.3 is 31.5 Å². The highest BCUT2D eigenvalue weighted by atomic mass is 16.5. The van der Waals surface area contributed by atoms with Gasteiger partial charge in [-0.3, -0.25) is 15.0 Å². The maximum atomic E-state index is 12.5. The zero-order valence-corrected chi connectivity index (χ0v) is 17.7. The number of ether oxygens (including phenoxy) is 1. The molecule has 0 heterocycles. The number of carbonyl (C=O) groups is 3. The van der Waals surface area contributed by atoms with E-state index in [9.17, 15) is 19.5 Å². The van der Waals surface area contributed by atoms with Crippen LogP contribution in [-0.2, 0) is 14.3 Å². The Balaban J connectivity index is 2.01. The summed E-state index contributed by atoms with van der Waals surface area (Å²) in [5, 5.41) is 25.2. The van der Waals surface area contributed by atoms with Gasteiger partial charge in [-0.25, -0.2) is 4.79 Å². The SMILES string of the molecule is CCOC(=O)CCNC(=O)CC(NC(=O)Nc1ccc(C(=N)N)cc1)c1cccc(O)c1. The Morgan fingerprint density at radius 2 is 1.88 bits per heavy atom. The zero-order valence-electron chi connectivity index (χ0n) is 17.7. The van der Waals surface area contributed by atoms with Crippen molar-refractivity contribution in [2.75, 3.05) is 18.5 Å². The maximum absolute atomic E-state index is 12.5. The van der Waals surface area contributed by atoms with E-state index in [2.05, 4.69) is 16.0 Å². The molecule has 2 aromatic rings. The highest BCUT2D eigenvalue weighted by molar-refractivity contribution is 5.96. The van der Waals surface area contributed by atoms with Crippen LogP contribution in [0.3, 0.4) is 0 Å². The molecule has 10 nitrogen and oxygen atoms in total. The van der Waals surface area contributed by atoms with Gasteiger partial charge in [0.15, 0.2) is 0 Å². The molecule has 32 heavy (non-hydrogen) atoms. The minimum atomic E-state index is -0.735. The van der Waals surface area contributed by atoms with E-state index >= 15 is 0 Å². The fourth-order valence-electron chi connectivity index (χ4n) is 2.85. The third kappa shape index (κ3) is 7.98. The Morgan fingerprint density at radius 1 is 1.16 bits per heavy atom. The van der Waals surface area contributed by atoms with Crippen LogP contribution in [0.15, 0.2) is 48.5 Å². The van der Waals surface area contributed by atoms with Crippen LogP contribution < -0.4 is 21.7 Å². The van der Waals surface area contributed by atoms with Crippen molar-refractivity contribution in [1.82, 2.24) is 10.6 Å². The fourth-order valence-corrected chi connectivity index (χ4v) is 2.85. The Bertz CT molecular complexity index is 961. The molecule has 2 aromatic carbocycles. The van der Waals surface area contributed by atoms with E-state index in [0.29, 0.717) is 16.8 Å². The normalized spacial score (nSPS) is 11.2. The molecule has 1 unspecified atom stereocenters. The predicted octanol–water partition coefficient (Wildman–Crippen LogP) is 2.00. The lowest BCUT2D eigenvalue weighted by Crippen LogP contribution is -2.36. The molecule has 3 amide bonds. The van der Waals surface area contributed by atoms with E-state index in [1.54, 1.807) is 43.3 Å². The molecule has 0 radical (unpaired) electrons. The lowest BCUT2D eigenvalue weighted by atomic mass is 10.0. The van der Waals surface area contributed by atoms with Crippen molar-refractivity contribution in [1.29, 1.82) is 5.41 Å². The molecule has 0 saturated heterocycles. The van der Waals surface area contributed by atoms with E-state index in [1.165, 1.54) is 12.1 Å². The molecular formula is C22H27N5O5. The van der Waals surface area contributed by atoms with Crippen LogP contribution in [0.1, 0.15) is 36.9 Å². The molecule has 0 bridgehead atoms. The number of nitrogen functional groups attached to an aromatic ring is 1. The van der Waals surface area contributed by atoms with Gasteiger partial charge in [0.2, 0.25) is 5.91 Å².